The van der Waals surface area contributed by atoms with Crippen LogP contribution >= 0.6 is 0 Å². The number of anilines is 1. The molecule has 32 heavy (non-hydrogen) atoms. The van der Waals surface area contributed by atoms with E-state index >= 15 is 0 Å². The Morgan fingerprint density at radius 3 is 2.25 bits per heavy atom. The quantitative estimate of drug-likeness (QED) is 0.402. The van der Waals surface area contributed by atoms with Gasteiger partial charge in [0, 0.05) is 22.2 Å². The topological polar surface area (TPSA) is 118 Å². The van der Waals surface area contributed by atoms with Gasteiger partial charge < -0.3 is 4.42 Å². The zero-order chi connectivity index (χ0) is 22.7. The fourth-order valence-corrected chi connectivity index (χ4v) is 4.24. The van der Waals surface area contributed by atoms with E-state index in [1.807, 2.05) is 12.1 Å². The van der Waals surface area contributed by atoms with Crippen LogP contribution in [0.15, 0.2) is 88.2 Å². The van der Waals surface area contributed by atoms with Gasteiger partial charge in [-0.15, -0.1) is 0 Å². The fourth-order valence-electron chi connectivity index (χ4n) is 3.17. The summed E-state index contributed by atoms with van der Waals surface area (Å²) in [5.74, 6) is -1.13. The van der Waals surface area contributed by atoms with Crippen LogP contribution < -0.4 is 15.6 Å². The molecular formula is C23H19N3O5S. The molecule has 0 spiro atoms. The number of rotatable bonds is 5. The molecule has 1 heterocycles. The second kappa shape index (κ2) is 8.56. The zero-order valence-electron chi connectivity index (χ0n) is 17.0. The highest BCUT2D eigenvalue weighted by molar-refractivity contribution is 7.92. The van der Waals surface area contributed by atoms with E-state index in [0.717, 1.165) is 5.39 Å². The first-order chi connectivity index (χ1) is 15.3. The molecule has 0 saturated carbocycles. The summed E-state index contributed by atoms with van der Waals surface area (Å²) in [5.41, 5.74) is 6.22. The van der Waals surface area contributed by atoms with Gasteiger partial charge in [0.05, 0.1) is 4.90 Å². The van der Waals surface area contributed by atoms with Gasteiger partial charge in [-0.05, 0) is 43.3 Å². The van der Waals surface area contributed by atoms with Crippen LogP contribution in [0.1, 0.15) is 26.5 Å². The molecule has 0 atom stereocenters. The van der Waals surface area contributed by atoms with Gasteiger partial charge in [0.15, 0.2) is 5.76 Å². The smallest absolute Gasteiger partial charge is 0.305 e. The molecule has 4 rings (SSSR count). The number of aryl methyl sites for hydroxylation is 1. The van der Waals surface area contributed by atoms with Gasteiger partial charge in [-0.2, -0.15) is 0 Å². The lowest BCUT2D eigenvalue weighted by atomic mass is 10.1. The highest BCUT2D eigenvalue weighted by Gasteiger charge is 2.19. The number of hydrogen-bond donors (Lipinski definition) is 3. The van der Waals surface area contributed by atoms with Crippen LogP contribution in [-0.4, -0.2) is 20.2 Å². The van der Waals surface area contributed by atoms with Crippen molar-refractivity contribution in [3.63, 3.8) is 0 Å². The highest BCUT2D eigenvalue weighted by atomic mass is 32.2. The summed E-state index contributed by atoms with van der Waals surface area (Å²) in [7, 11) is -3.80. The minimum atomic E-state index is -3.80. The van der Waals surface area contributed by atoms with E-state index in [1.54, 1.807) is 37.3 Å². The van der Waals surface area contributed by atoms with Gasteiger partial charge >= 0.3 is 5.91 Å². The van der Waals surface area contributed by atoms with E-state index < -0.39 is 21.8 Å². The van der Waals surface area contributed by atoms with Crippen LogP contribution in [0.2, 0.25) is 0 Å². The fraction of sp³-hybridized carbons (Fsp3) is 0.0435. The molecule has 3 aromatic carbocycles. The SMILES string of the molecule is Cc1c(C(=O)NNC(=O)c2cccc(NS(=O)(=O)c3ccccc3)c2)oc2ccccc12. The Labute approximate surface area is 184 Å². The number of fused-ring (bicyclic) bond motifs is 1. The lowest BCUT2D eigenvalue weighted by molar-refractivity contribution is 0.0831. The van der Waals surface area contributed by atoms with E-state index in [1.165, 1.54) is 36.4 Å². The van der Waals surface area contributed by atoms with Gasteiger partial charge in [0.2, 0.25) is 0 Å². The molecule has 0 radical (unpaired) electrons. The maximum atomic E-state index is 12.5. The van der Waals surface area contributed by atoms with Crippen molar-refractivity contribution in [2.24, 2.45) is 0 Å². The predicted octanol–water partition coefficient (Wildman–Crippen LogP) is 3.62. The minimum Gasteiger partial charge on any atom is -0.451 e. The third kappa shape index (κ3) is 4.33. The van der Waals surface area contributed by atoms with Crippen LogP contribution in [0.5, 0.6) is 0 Å². The maximum Gasteiger partial charge on any atom is 0.305 e. The summed E-state index contributed by atoms with van der Waals surface area (Å²) in [4.78, 5) is 25.1. The van der Waals surface area contributed by atoms with E-state index in [9.17, 15) is 18.0 Å². The number of para-hydroxylation sites is 1. The molecule has 162 valence electrons. The summed E-state index contributed by atoms with van der Waals surface area (Å²) in [6, 6.07) is 21.0. The number of carbonyl (C=O) groups is 2. The maximum absolute atomic E-state index is 12.5. The number of sulfonamides is 1. The molecule has 0 saturated heterocycles. The van der Waals surface area contributed by atoms with Gasteiger partial charge in [-0.3, -0.25) is 25.2 Å². The van der Waals surface area contributed by atoms with Crippen molar-refractivity contribution in [1.29, 1.82) is 0 Å². The van der Waals surface area contributed by atoms with E-state index in [0.29, 0.717) is 11.1 Å². The second-order valence-corrected chi connectivity index (χ2v) is 8.64. The molecule has 0 bridgehead atoms. The van der Waals surface area contributed by atoms with Gasteiger partial charge in [0.25, 0.3) is 15.9 Å². The average Bonchev–Trinajstić information content (AvgIpc) is 3.14. The Morgan fingerprint density at radius 1 is 0.812 bits per heavy atom. The van der Waals surface area contributed by atoms with E-state index in [-0.39, 0.29) is 21.9 Å². The molecule has 1 aromatic heterocycles. The Kier molecular flexibility index (Phi) is 5.65. The Morgan fingerprint density at radius 2 is 1.50 bits per heavy atom. The zero-order valence-corrected chi connectivity index (χ0v) is 17.8. The predicted molar refractivity (Wildman–Crippen MR) is 120 cm³/mol. The highest BCUT2D eigenvalue weighted by Crippen LogP contribution is 2.24. The molecule has 3 N–H and O–H groups in total. The van der Waals surface area contributed by atoms with Crippen molar-refractivity contribution < 1.29 is 22.4 Å². The van der Waals surface area contributed by atoms with Crippen LogP contribution in [0, 0.1) is 6.92 Å². The minimum absolute atomic E-state index is 0.0934. The molecule has 0 unspecified atom stereocenters. The number of amides is 2. The van der Waals surface area contributed by atoms with Crippen LogP contribution in [0.3, 0.4) is 0 Å². The first kappa shape index (κ1) is 21.1. The molecule has 2 amide bonds. The number of furan rings is 1. The summed E-state index contributed by atoms with van der Waals surface area (Å²) in [5, 5.41) is 0.808. The third-order valence-corrected chi connectivity index (χ3v) is 6.17. The Bertz CT molecular complexity index is 1410. The first-order valence-corrected chi connectivity index (χ1v) is 11.1. The summed E-state index contributed by atoms with van der Waals surface area (Å²) < 4.78 is 33.0. The van der Waals surface area contributed by atoms with Gasteiger partial charge in [-0.1, -0.05) is 42.5 Å². The molecule has 0 aliphatic carbocycles. The van der Waals surface area contributed by atoms with Crippen molar-refractivity contribution >= 4 is 38.5 Å². The van der Waals surface area contributed by atoms with Crippen molar-refractivity contribution in [3.05, 3.63) is 95.7 Å². The van der Waals surface area contributed by atoms with Crippen LogP contribution in [0.4, 0.5) is 5.69 Å². The Hall–Kier alpha value is -4.11. The Balaban J connectivity index is 1.45. The van der Waals surface area contributed by atoms with E-state index in [4.69, 9.17) is 4.42 Å². The number of carbonyl (C=O) groups excluding carboxylic acids is 2. The molecule has 0 aliphatic rings. The van der Waals surface area contributed by atoms with Gasteiger partial charge in [0.1, 0.15) is 5.58 Å². The number of nitrogens with one attached hydrogen (secondary N) is 3. The van der Waals surface area contributed by atoms with Crippen molar-refractivity contribution in [2.45, 2.75) is 11.8 Å². The normalized spacial score (nSPS) is 11.2. The number of hydrogen-bond acceptors (Lipinski definition) is 5. The summed E-state index contributed by atoms with van der Waals surface area (Å²) in [6.45, 7) is 1.75. The lowest BCUT2D eigenvalue weighted by Crippen LogP contribution is -2.41. The number of benzene rings is 3. The number of hydrazine groups is 1. The van der Waals surface area contributed by atoms with Crippen LogP contribution in [0.25, 0.3) is 11.0 Å². The van der Waals surface area contributed by atoms with E-state index in [2.05, 4.69) is 15.6 Å². The standard InChI is InChI=1S/C23H19N3O5S/c1-15-19-12-5-6-13-20(19)31-21(15)23(28)25-24-22(27)16-8-7-9-17(14-16)26-32(29,30)18-10-3-2-4-11-18/h2-14,26H,1H3,(H,24,27)(H,25,28). The molecule has 9 heteroatoms. The largest absolute Gasteiger partial charge is 0.451 e. The molecule has 8 nitrogen and oxygen atoms in total. The van der Waals surface area contributed by atoms with Crippen molar-refractivity contribution in [2.75, 3.05) is 4.72 Å². The lowest BCUT2D eigenvalue weighted by Gasteiger charge is -2.10. The van der Waals surface area contributed by atoms with Crippen molar-refractivity contribution in [1.82, 2.24) is 10.9 Å². The first-order valence-electron chi connectivity index (χ1n) is 9.62. The van der Waals surface area contributed by atoms with Crippen LogP contribution in [-0.2, 0) is 10.0 Å². The molecule has 0 aliphatic heterocycles. The average molecular weight is 449 g/mol. The second-order valence-electron chi connectivity index (χ2n) is 6.96. The summed E-state index contributed by atoms with van der Waals surface area (Å²) >= 11 is 0. The monoisotopic (exact) mass is 449 g/mol. The van der Waals surface area contributed by atoms with Gasteiger partial charge in [-0.25, -0.2) is 8.42 Å². The molecule has 4 aromatic rings. The van der Waals surface area contributed by atoms with Crippen molar-refractivity contribution in [3.8, 4) is 0 Å². The summed E-state index contributed by atoms with van der Waals surface area (Å²) in [6.07, 6.45) is 0. The molecular weight excluding hydrogens is 430 g/mol. The third-order valence-electron chi connectivity index (χ3n) is 4.77. The molecule has 0 fully saturated rings.